The van der Waals surface area contributed by atoms with E-state index in [4.69, 9.17) is 16.6 Å². The molecule has 0 radical (unpaired) electrons. The van der Waals surface area contributed by atoms with Crippen LogP contribution >= 0.6 is 0 Å². The van der Waals surface area contributed by atoms with Gasteiger partial charge >= 0.3 is 11.9 Å². The molecule has 4 atom stereocenters. The summed E-state index contributed by atoms with van der Waals surface area (Å²) in [5.74, 6) is -5.94. The van der Waals surface area contributed by atoms with E-state index in [0.29, 0.717) is 6.42 Å². The molecule has 4 unspecified atom stereocenters. The molecule has 0 aromatic carbocycles. The Morgan fingerprint density at radius 2 is 1.21 bits per heavy atom. The minimum Gasteiger partial charge on any atom is -0.481 e. The van der Waals surface area contributed by atoms with Gasteiger partial charge in [0.25, 0.3) is 0 Å². The number of hydrogen-bond acceptors (Lipinski definition) is 7. The minimum absolute atomic E-state index is 0.104. The fraction of sp³-hybridized carbons (Fsp3) is 0.714. The van der Waals surface area contributed by atoms with Crippen LogP contribution in [0.1, 0.15) is 59.8 Å². The smallest absolute Gasteiger partial charge is 0.326 e. The summed E-state index contributed by atoms with van der Waals surface area (Å²) in [6.07, 6.45) is -0.884. The molecule has 0 spiro atoms. The summed E-state index contributed by atoms with van der Waals surface area (Å²) in [6.45, 7) is 7.25. The van der Waals surface area contributed by atoms with E-state index in [1.54, 1.807) is 13.8 Å². The van der Waals surface area contributed by atoms with Crippen LogP contribution in [0.4, 0.5) is 0 Å². The second-order valence-corrected chi connectivity index (χ2v) is 8.99. The second kappa shape index (κ2) is 14.8. The standard InChI is InChI=1S/C21H37N5O8/c1-10(2)7-12(22)18(30)24-13(5-6-17(28)29)19(31)25-14(8-11(3)4)20(32)26-15(21(33)34)9-16(23)27/h10-15H,5-9,22H2,1-4H3,(H2,23,27)(H,24,30)(H,25,31)(H,26,32)(H,28,29)(H,33,34). The molecule has 0 aromatic heterocycles. The van der Waals surface area contributed by atoms with Crippen LogP contribution < -0.4 is 27.4 Å². The molecule has 34 heavy (non-hydrogen) atoms. The van der Waals surface area contributed by atoms with Crippen LogP contribution in [-0.4, -0.2) is 69.9 Å². The highest BCUT2D eigenvalue weighted by Gasteiger charge is 2.31. The third-order valence-electron chi connectivity index (χ3n) is 4.70. The van der Waals surface area contributed by atoms with Crippen molar-refractivity contribution in [2.45, 2.75) is 84.0 Å². The number of hydrogen-bond donors (Lipinski definition) is 7. The van der Waals surface area contributed by atoms with Crippen LogP contribution in [0, 0.1) is 11.8 Å². The van der Waals surface area contributed by atoms with Gasteiger partial charge in [-0.15, -0.1) is 0 Å². The monoisotopic (exact) mass is 487 g/mol. The number of aliphatic carboxylic acids is 2. The maximum Gasteiger partial charge on any atom is 0.326 e. The molecule has 0 aliphatic carbocycles. The zero-order valence-corrected chi connectivity index (χ0v) is 20.0. The quantitative estimate of drug-likeness (QED) is 0.137. The Labute approximate surface area is 198 Å². The van der Waals surface area contributed by atoms with Gasteiger partial charge in [-0.1, -0.05) is 27.7 Å². The number of primary amides is 1. The number of carbonyl (C=O) groups is 6. The molecule has 9 N–H and O–H groups in total. The molecule has 0 heterocycles. The van der Waals surface area contributed by atoms with Gasteiger partial charge in [0.2, 0.25) is 23.6 Å². The van der Waals surface area contributed by atoms with E-state index in [1.807, 2.05) is 13.8 Å². The molecule has 194 valence electrons. The lowest BCUT2D eigenvalue weighted by atomic mass is 10.0. The molecule has 0 rings (SSSR count). The Morgan fingerprint density at radius 3 is 1.65 bits per heavy atom. The Bertz CT molecular complexity index is 755. The van der Waals surface area contributed by atoms with E-state index in [0.717, 1.165) is 0 Å². The highest BCUT2D eigenvalue weighted by molar-refractivity contribution is 5.95. The van der Waals surface area contributed by atoms with Gasteiger partial charge in [0, 0.05) is 6.42 Å². The molecular weight excluding hydrogens is 450 g/mol. The number of nitrogens with one attached hydrogen (secondary N) is 3. The fourth-order valence-electron chi connectivity index (χ4n) is 3.08. The summed E-state index contributed by atoms with van der Waals surface area (Å²) in [7, 11) is 0. The van der Waals surface area contributed by atoms with Crippen LogP contribution in [0.25, 0.3) is 0 Å². The average molecular weight is 488 g/mol. The first kappa shape index (κ1) is 30.8. The molecule has 0 aromatic rings. The molecule has 0 aliphatic rings. The van der Waals surface area contributed by atoms with Gasteiger partial charge in [-0.3, -0.25) is 24.0 Å². The molecular formula is C21H37N5O8. The van der Waals surface area contributed by atoms with Crippen molar-refractivity contribution >= 4 is 35.6 Å². The fourth-order valence-corrected chi connectivity index (χ4v) is 3.08. The number of nitrogens with two attached hydrogens (primary N) is 2. The summed E-state index contributed by atoms with van der Waals surface area (Å²) < 4.78 is 0. The van der Waals surface area contributed by atoms with Crippen LogP contribution in [0.3, 0.4) is 0 Å². The molecule has 0 saturated heterocycles. The Balaban J connectivity index is 5.58. The van der Waals surface area contributed by atoms with Crippen LogP contribution in [-0.2, 0) is 28.8 Å². The van der Waals surface area contributed by atoms with Gasteiger partial charge in [0.05, 0.1) is 12.5 Å². The van der Waals surface area contributed by atoms with Crippen LogP contribution in [0.2, 0.25) is 0 Å². The van der Waals surface area contributed by atoms with Crippen molar-refractivity contribution in [3.63, 3.8) is 0 Å². The molecule has 0 bridgehead atoms. The third-order valence-corrected chi connectivity index (χ3v) is 4.70. The van der Waals surface area contributed by atoms with E-state index in [1.165, 1.54) is 0 Å². The Kier molecular flexibility index (Phi) is 13.4. The van der Waals surface area contributed by atoms with Crippen molar-refractivity contribution in [1.29, 1.82) is 0 Å². The van der Waals surface area contributed by atoms with Gasteiger partial charge in [-0.2, -0.15) is 0 Å². The lowest BCUT2D eigenvalue weighted by molar-refractivity contribution is -0.144. The van der Waals surface area contributed by atoms with E-state index in [2.05, 4.69) is 16.0 Å². The highest BCUT2D eigenvalue weighted by Crippen LogP contribution is 2.09. The van der Waals surface area contributed by atoms with E-state index in [9.17, 15) is 33.9 Å². The number of amides is 4. The third kappa shape index (κ3) is 12.7. The molecule has 4 amide bonds. The average Bonchev–Trinajstić information content (AvgIpc) is 2.68. The van der Waals surface area contributed by atoms with Crippen LogP contribution in [0.5, 0.6) is 0 Å². The van der Waals surface area contributed by atoms with Crippen molar-refractivity contribution in [2.75, 3.05) is 0 Å². The first-order valence-electron chi connectivity index (χ1n) is 11.0. The van der Waals surface area contributed by atoms with E-state index >= 15 is 0 Å². The SMILES string of the molecule is CC(C)CC(N)C(=O)NC(CCC(=O)O)C(=O)NC(CC(C)C)C(=O)NC(CC(N)=O)C(=O)O. The summed E-state index contributed by atoms with van der Waals surface area (Å²) in [5, 5.41) is 25.3. The predicted molar refractivity (Wildman–Crippen MR) is 121 cm³/mol. The summed E-state index contributed by atoms with van der Waals surface area (Å²) >= 11 is 0. The Morgan fingerprint density at radius 1 is 0.735 bits per heavy atom. The highest BCUT2D eigenvalue weighted by atomic mass is 16.4. The second-order valence-electron chi connectivity index (χ2n) is 8.99. The summed E-state index contributed by atoms with van der Waals surface area (Å²) in [5.41, 5.74) is 10.9. The molecule has 0 aliphatic heterocycles. The van der Waals surface area contributed by atoms with Crippen molar-refractivity contribution in [2.24, 2.45) is 23.3 Å². The van der Waals surface area contributed by atoms with Gasteiger partial charge in [-0.25, -0.2) is 4.79 Å². The van der Waals surface area contributed by atoms with Crippen molar-refractivity contribution in [3.05, 3.63) is 0 Å². The lowest BCUT2D eigenvalue weighted by Crippen LogP contribution is -2.57. The first-order valence-corrected chi connectivity index (χ1v) is 11.0. The maximum atomic E-state index is 12.9. The van der Waals surface area contributed by atoms with Crippen molar-refractivity contribution in [3.8, 4) is 0 Å². The van der Waals surface area contributed by atoms with E-state index in [-0.39, 0.29) is 24.7 Å². The summed E-state index contributed by atoms with van der Waals surface area (Å²) in [4.78, 5) is 71.5. The van der Waals surface area contributed by atoms with Crippen molar-refractivity contribution in [1.82, 2.24) is 16.0 Å². The minimum atomic E-state index is -1.59. The predicted octanol–water partition coefficient (Wildman–Crippen LogP) is -1.31. The van der Waals surface area contributed by atoms with Gasteiger partial charge in [0.1, 0.15) is 18.1 Å². The molecule has 13 nitrogen and oxygen atoms in total. The molecule has 13 heteroatoms. The zero-order chi connectivity index (χ0) is 26.6. The van der Waals surface area contributed by atoms with Crippen LogP contribution in [0.15, 0.2) is 0 Å². The van der Waals surface area contributed by atoms with Gasteiger partial charge < -0.3 is 37.6 Å². The molecule has 0 saturated carbocycles. The van der Waals surface area contributed by atoms with Crippen molar-refractivity contribution < 1.29 is 39.0 Å². The number of carboxylic acid groups (broad SMARTS) is 2. The normalized spacial score (nSPS) is 14.6. The van der Waals surface area contributed by atoms with E-state index < -0.39 is 72.6 Å². The van der Waals surface area contributed by atoms with Gasteiger partial charge in [-0.05, 0) is 31.1 Å². The zero-order valence-electron chi connectivity index (χ0n) is 20.0. The first-order chi connectivity index (χ1) is 15.6. The summed E-state index contributed by atoms with van der Waals surface area (Å²) in [6, 6.07) is -5.01. The number of carbonyl (C=O) groups excluding carboxylic acids is 4. The molecule has 0 fully saturated rings. The lowest BCUT2D eigenvalue weighted by Gasteiger charge is -2.26. The number of carboxylic acids is 2. The Hall–Kier alpha value is -3.22. The largest absolute Gasteiger partial charge is 0.481 e. The number of rotatable bonds is 16. The topological polar surface area (TPSA) is 231 Å². The maximum absolute atomic E-state index is 12.9. The van der Waals surface area contributed by atoms with Gasteiger partial charge in [0.15, 0.2) is 0 Å².